The molecule has 0 radical (unpaired) electrons. The molecule has 7 nitrogen and oxygen atoms in total. The molecule has 1 aromatic carbocycles. The van der Waals surface area contributed by atoms with Crippen LogP contribution in [-0.2, 0) is 9.53 Å². The van der Waals surface area contributed by atoms with Gasteiger partial charge in [0.05, 0.1) is 15.1 Å². The first-order valence-electron chi connectivity index (χ1n) is 6.08. The first kappa shape index (κ1) is 17.6. The summed E-state index contributed by atoms with van der Waals surface area (Å²) in [7, 11) is 1.53. The van der Waals surface area contributed by atoms with E-state index in [0.29, 0.717) is 13.2 Å². The molecule has 0 saturated heterocycles. The van der Waals surface area contributed by atoms with Crippen LogP contribution in [-0.4, -0.2) is 37.6 Å². The van der Waals surface area contributed by atoms with Gasteiger partial charge in [-0.1, -0.05) is 0 Å². The topological polar surface area (TPSA) is 93.5 Å². The Bertz CT molecular complexity index is 527. The van der Waals surface area contributed by atoms with Crippen LogP contribution in [0.25, 0.3) is 0 Å². The fraction of sp³-hybridized carbons (Fsp3) is 0.417. The molecule has 2 N–H and O–H groups in total. The van der Waals surface area contributed by atoms with Crippen LogP contribution >= 0.6 is 22.6 Å². The maximum Gasteiger partial charge on any atom is 0.293 e. The molecule has 0 unspecified atom stereocenters. The van der Waals surface area contributed by atoms with Gasteiger partial charge in [-0.25, -0.2) is 4.39 Å². The summed E-state index contributed by atoms with van der Waals surface area (Å²) in [5, 5.41) is 16.2. The Morgan fingerprint density at radius 1 is 1.48 bits per heavy atom. The molecule has 0 fully saturated rings. The van der Waals surface area contributed by atoms with E-state index in [1.165, 1.54) is 7.11 Å². The van der Waals surface area contributed by atoms with E-state index in [0.717, 1.165) is 12.1 Å². The van der Waals surface area contributed by atoms with Crippen molar-refractivity contribution in [1.29, 1.82) is 0 Å². The predicted molar refractivity (Wildman–Crippen MR) is 83.8 cm³/mol. The number of nitrogens with one attached hydrogen (secondary N) is 2. The second kappa shape index (κ2) is 8.72. The third-order valence-electron chi connectivity index (χ3n) is 2.53. The zero-order chi connectivity index (χ0) is 15.8. The monoisotopic (exact) mass is 411 g/mol. The Morgan fingerprint density at radius 2 is 2.19 bits per heavy atom. The van der Waals surface area contributed by atoms with E-state index in [1.807, 2.05) is 0 Å². The second-order valence-electron chi connectivity index (χ2n) is 4.06. The minimum absolute atomic E-state index is 0.0580. The molecule has 1 amide bonds. The van der Waals surface area contributed by atoms with E-state index >= 15 is 0 Å². The number of ether oxygens (including phenoxy) is 1. The molecular weight excluding hydrogens is 396 g/mol. The highest BCUT2D eigenvalue weighted by atomic mass is 127. The number of hydrogen-bond acceptors (Lipinski definition) is 5. The van der Waals surface area contributed by atoms with Crippen molar-refractivity contribution in [2.75, 3.05) is 32.1 Å². The normalized spacial score (nSPS) is 10.2. The lowest BCUT2D eigenvalue weighted by Gasteiger charge is -2.08. The fourth-order valence-electron chi connectivity index (χ4n) is 1.52. The summed E-state index contributed by atoms with van der Waals surface area (Å²) < 4.78 is 18.4. The molecule has 0 aliphatic heterocycles. The summed E-state index contributed by atoms with van der Waals surface area (Å²) in [6.07, 6.45) is 0.120. The molecule has 1 rings (SSSR count). The van der Waals surface area contributed by atoms with Crippen LogP contribution in [0.5, 0.6) is 0 Å². The van der Waals surface area contributed by atoms with Gasteiger partial charge in [-0.3, -0.25) is 14.9 Å². The van der Waals surface area contributed by atoms with E-state index in [2.05, 4.69) is 10.6 Å². The van der Waals surface area contributed by atoms with Crippen LogP contribution < -0.4 is 10.6 Å². The zero-order valence-corrected chi connectivity index (χ0v) is 13.5. The standard InChI is InChI=1S/C12H15FIN3O4/c1-21-5-4-16-12(18)2-3-15-10-6-8(13)9(14)7-11(10)17(19)20/h6-7,15H,2-5H2,1H3,(H,16,18). The second-order valence-corrected chi connectivity index (χ2v) is 5.22. The molecule has 0 heterocycles. The van der Waals surface area contributed by atoms with Gasteiger partial charge in [0.1, 0.15) is 11.5 Å². The number of carbonyl (C=O) groups is 1. The number of carbonyl (C=O) groups excluding carboxylic acids is 1. The summed E-state index contributed by atoms with van der Waals surface area (Å²) in [6, 6.07) is 2.21. The van der Waals surface area contributed by atoms with E-state index in [1.54, 1.807) is 22.6 Å². The van der Waals surface area contributed by atoms with E-state index in [9.17, 15) is 19.3 Å². The third-order valence-corrected chi connectivity index (χ3v) is 3.36. The van der Waals surface area contributed by atoms with Crippen LogP contribution in [0.1, 0.15) is 6.42 Å². The molecule has 0 saturated carbocycles. The number of benzene rings is 1. The molecule has 0 aromatic heterocycles. The largest absolute Gasteiger partial charge is 0.383 e. The molecule has 0 atom stereocenters. The summed E-state index contributed by atoms with van der Waals surface area (Å²) in [6.45, 7) is 0.973. The number of nitro benzene ring substituents is 1. The van der Waals surface area contributed by atoms with Crippen molar-refractivity contribution < 1.29 is 18.8 Å². The maximum atomic E-state index is 13.5. The molecule has 0 aliphatic carbocycles. The zero-order valence-electron chi connectivity index (χ0n) is 11.3. The lowest BCUT2D eigenvalue weighted by molar-refractivity contribution is -0.384. The number of nitro groups is 1. The van der Waals surface area contributed by atoms with Crippen molar-refractivity contribution in [2.45, 2.75) is 6.42 Å². The van der Waals surface area contributed by atoms with Crippen LogP contribution in [0.3, 0.4) is 0 Å². The Labute approximate surface area is 134 Å². The predicted octanol–water partition coefficient (Wildman–Crippen LogP) is 1.90. The highest BCUT2D eigenvalue weighted by molar-refractivity contribution is 14.1. The molecule has 1 aromatic rings. The number of halogens is 2. The number of methoxy groups -OCH3 is 1. The van der Waals surface area contributed by atoms with E-state index in [-0.39, 0.29) is 33.8 Å². The third kappa shape index (κ3) is 5.79. The quantitative estimate of drug-likeness (QED) is 0.295. The van der Waals surface area contributed by atoms with Crippen molar-refractivity contribution in [2.24, 2.45) is 0 Å². The average molecular weight is 411 g/mol. The number of rotatable bonds is 8. The molecular formula is C12H15FIN3O4. The molecule has 21 heavy (non-hydrogen) atoms. The first-order chi connectivity index (χ1) is 9.95. The highest BCUT2D eigenvalue weighted by Gasteiger charge is 2.17. The Balaban J connectivity index is 2.57. The van der Waals surface area contributed by atoms with Crippen molar-refractivity contribution >= 4 is 39.9 Å². The lowest BCUT2D eigenvalue weighted by Crippen LogP contribution is -2.28. The Kier molecular flexibility index (Phi) is 7.29. The van der Waals surface area contributed by atoms with Crippen LogP contribution in [0.4, 0.5) is 15.8 Å². The Morgan fingerprint density at radius 3 is 2.81 bits per heavy atom. The summed E-state index contributed by atoms with van der Waals surface area (Å²) >= 11 is 1.68. The number of hydrogen-bond donors (Lipinski definition) is 2. The summed E-state index contributed by atoms with van der Waals surface area (Å²) in [5.41, 5.74) is -0.164. The fourth-order valence-corrected chi connectivity index (χ4v) is 1.97. The molecule has 9 heteroatoms. The molecule has 116 valence electrons. The van der Waals surface area contributed by atoms with Crippen molar-refractivity contribution in [3.63, 3.8) is 0 Å². The van der Waals surface area contributed by atoms with Crippen molar-refractivity contribution in [3.8, 4) is 0 Å². The number of amides is 1. The van der Waals surface area contributed by atoms with Gasteiger partial charge in [0, 0.05) is 38.8 Å². The van der Waals surface area contributed by atoms with Crippen molar-refractivity contribution in [3.05, 3.63) is 31.6 Å². The van der Waals surface area contributed by atoms with E-state index in [4.69, 9.17) is 4.74 Å². The van der Waals surface area contributed by atoms with Gasteiger partial charge in [-0.2, -0.15) is 0 Å². The van der Waals surface area contributed by atoms with Crippen LogP contribution in [0.15, 0.2) is 12.1 Å². The molecule has 0 spiro atoms. The summed E-state index contributed by atoms with van der Waals surface area (Å²) in [5.74, 6) is -0.763. The lowest BCUT2D eigenvalue weighted by atomic mass is 10.2. The smallest absolute Gasteiger partial charge is 0.293 e. The highest BCUT2D eigenvalue weighted by Crippen LogP contribution is 2.28. The first-order valence-corrected chi connectivity index (χ1v) is 7.16. The van der Waals surface area contributed by atoms with Gasteiger partial charge in [0.15, 0.2) is 0 Å². The SMILES string of the molecule is COCCNC(=O)CCNc1cc(F)c(I)cc1[N+](=O)[O-]. The summed E-state index contributed by atoms with van der Waals surface area (Å²) in [4.78, 5) is 21.7. The van der Waals surface area contributed by atoms with Gasteiger partial charge >= 0.3 is 0 Å². The number of anilines is 1. The minimum Gasteiger partial charge on any atom is -0.383 e. The average Bonchev–Trinajstić information content (AvgIpc) is 2.42. The molecule has 0 bridgehead atoms. The molecule has 0 aliphatic rings. The Hall–Kier alpha value is -1.49. The minimum atomic E-state index is -0.595. The van der Waals surface area contributed by atoms with Gasteiger partial charge in [0.2, 0.25) is 5.91 Å². The van der Waals surface area contributed by atoms with Crippen LogP contribution in [0.2, 0.25) is 0 Å². The van der Waals surface area contributed by atoms with Gasteiger partial charge < -0.3 is 15.4 Å². The van der Waals surface area contributed by atoms with Gasteiger partial charge in [0.25, 0.3) is 5.69 Å². The number of nitrogens with zero attached hydrogens (tertiary/aromatic N) is 1. The van der Waals surface area contributed by atoms with E-state index < -0.39 is 10.7 Å². The van der Waals surface area contributed by atoms with Gasteiger partial charge in [-0.05, 0) is 22.6 Å². The van der Waals surface area contributed by atoms with Crippen LogP contribution in [0, 0.1) is 19.5 Å². The van der Waals surface area contributed by atoms with Gasteiger partial charge in [-0.15, -0.1) is 0 Å². The van der Waals surface area contributed by atoms with Crippen molar-refractivity contribution in [1.82, 2.24) is 5.32 Å². The maximum absolute atomic E-state index is 13.5.